The van der Waals surface area contributed by atoms with Gasteiger partial charge in [0.05, 0.1) is 7.11 Å². The number of aliphatic hydroxyl groups is 1. The molecule has 0 fully saturated rings. The summed E-state index contributed by atoms with van der Waals surface area (Å²) in [5.41, 5.74) is -2.30. The summed E-state index contributed by atoms with van der Waals surface area (Å²) in [7, 11) is 1.39. The maximum absolute atomic E-state index is 12.9. The van der Waals surface area contributed by atoms with E-state index in [0.717, 1.165) is 0 Å². The van der Waals surface area contributed by atoms with Gasteiger partial charge in [0.2, 0.25) is 5.60 Å². The Balaban J connectivity index is 3.29. The number of carbonyl (C=O) groups excluding carboxylic acids is 1. The van der Waals surface area contributed by atoms with Crippen molar-refractivity contribution in [2.24, 2.45) is 0 Å². The number of carbonyl (C=O) groups is 1. The molecule has 7 heteroatoms. The lowest BCUT2D eigenvalue weighted by molar-refractivity contribution is -0.247. The lowest BCUT2D eigenvalue weighted by atomic mass is 9.83. The third kappa shape index (κ3) is 3.55. The smallest absolute Gasteiger partial charge is 0.424 e. The number of benzene rings is 1. The summed E-state index contributed by atoms with van der Waals surface area (Å²) in [6.07, 6.45) is -5.96. The van der Waals surface area contributed by atoms with Gasteiger partial charge >= 0.3 is 6.18 Å². The third-order valence-corrected chi connectivity index (χ3v) is 4.16. The molecule has 1 N–H and O–H groups in total. The Morgan fingerprint density at radius 1 is 1.41 bits per heavy atom. The zero-order chi connectivity index (χ0) is 17.1. The van der Waals surface area contributed by atoms with Gasteiger partial charge in [0.25, 0.3) is 0 Å². The Bertz CT molecular complexity index is 546. The van der Waals surface area contributed by atoms with Crippen LogP contribution in [0.5, 0.6) is 5.75 Å². The van der Waals surface area contributed by atoms with E-state index >= 15 is 0 Å². The van der Waals surface area contributed by atoms with Crippen molar-refractivity contribution in [3.63, 3.8) is 0 Å². The van der Waals surface area contributed by atoms with Crippen molar-refractivity contribution in [2.75, 3.05) is 7.11 Å². The van der Waals surface area contributed by atoms with E-state index in [9.17, 15) is 23.1 Å². The average molecular weight is 339 g/mol. The van der Waals surface area contributed by atoms with Gasteiger partial charge in [-0.15, -0.1) is 0 Å². The Hall–Kier alpha value is -1.27. The molecule has 1 aromatic carbocycles. The molecule has 124 valence electrons. The number of methoxy groups -OCH3 is 1. The zero-order valence-electron chi connectivity index (χ0n) is 12.5. The summed E-state index contributed by atoms with van der Waals surface area (Å²) >= 11 is 5.98. The fourth-order valence-corrected chi connectivity index (χ4v) is 2.51. The SMILES string of the molecule is CCC(CC(O)(C=O)C(F)(F)F)c1ccc(Cl)c(C)c1OC. The summed E-state index contributed by atoms with van der Waals surface area (Å²) in [4.78, 5) is 10.8. The zero-order valence-corrected chi connectivity index (χ0v) is 13.3. The maximum Gasteiger partial charge on any atom is 0.424 e. The second-order valence-corrected chi connectivity index (χ2v) is 5.55. The van der Waals surface area contributed by atoms with Crippen molar-refractivity contribution in [1.82, 2.24) is 0 Å². The average Bonchev–Trinajstić information content (AvgIpc) is 2.46. The minimum Gasteiger partial charge on any atom is -0.496 e. The van der Waals surface area contributed by atoms with E-state index in [1.165, 1.54) is 7.11 Å². The molecule has 2 atom stereocenters. The van der Waals surface area contributed by atoms with Gasteiger partial charge < -0.3 is 9.84 Å². The molecule has 0 aliphatic carbocycles. The fraction of sp³-hybridized carbons (Fsp3) is 0.533. The van der Waals surface area contributed by atoms with Gasteiger partial charge in [0.1, 0.15) is 5.75 Å². The summed E-state index contributed by atoms with van der Waals surface area (Å²) in [6, 6.07) is 3.12. The lowest BCUT2D eigenvalue weighted by Crippen LogP contribution is -2.47. The van der Waals surface area contributed by atoms with Gasteiger partial charge in [-0.1, -0.05) is 24.6 Å². The quantitative estimate of drug-likeness (QED) is 0.796. The first kappa shape index (κ1) is 18.8. The van der Waals surface area contributed by atoms with Crippen molar-refractivity contribution >= 4 is 17.9 Å². The van der Waals surface area contributed by atoms with E-state index in [2.05, 4.69) is 0 Å². The van der Waals surface area contributed by atoms with Crippen LogP contribution >= 0.6 is 11.6 Å². The van der Waals surface area contributed by atoms with Crippen LogP contribution in [0.1, 0.15) is 36.8 Å². The van der Waals surface area contributed by atoms with Gasteiger partial charge in [-0.05, 0) is 37.3 Å². The Labute approximate surface area is 132 Å². The van der Waals surface area contributed by atoms with Crippen LogP contribution in [0, 0.1) is 6.92 Å². The topological polar surface area (TPSA) is 46.5 Å². The Morgan fingerprint density at radius 3 is 2.41 bits per heavy atom. The largest absolute Gasteiger partial charge is 0.496 e. The van der Waals surface area contributed by atoms with Gasteiger partial charge in [0.15, 0.2) is 6.29 Å². The first-order chi connectivity index (χ1) is 10.1. The number of aldehydes is 1. The molecule has 1 rings (SSSR count). The maximum atomic E-state index is 12.9. The molecule has 22 heavy (non-hydrogen) atoms. The molecule has 2 unspecified atom stereocenters. The monoisotopic (exact) mass is 338 g/mol. The number of hydrogen-bond acceptors (Lipinski definition) is 3. The van der Waals surface area contributed by atoms with Gasteiger partial charge in [-0.3, -0.25) is 4.79 Å². The van der Waals surface area contributed by atoms with Crippen molar-refractivity contribution in [2.45, 2.75) is 44.4 Å². The third-order valence-electron chi connectivity index (χ3n) is 3.75. The van der Waals surface area contributed by atoms with Crippen LogP contribution in [-0.2, 0) is 4.79 Å². The van der Waals surface area contributed by atoms with E-state index in [1.807, 2.05) is 0 Å². The van der Waals surface area contributed by atoms with Gasteiger partial charge in [-0.25, -0.2) is 0 Å². The Kier molecular flexibility index (Phi) is 5.87. The Morgan fingerprint density at radius 2 is 2.00 bits per heavy atom. The van der Waals surface area contributed by atoms with Crippen LogP contribution < -0.4 is 4.74 Å². The number of rotatable bonds is 6. The summed E-state index contributed by atoms with van der Waals surface area (Å²) in [6.45, 7) is 3.36. The molecule has 3 nitrogen and oxygen atoms in total. The molecule has 1 aromatic rings. The van der Waals surface area contributed by atoms with Crippen LogP contribution in [0.3, 0.4) is 0 Å². The minimum atomic E-state index is -5.03. The van der Waals surface area contributed by atoms with Crippen molar-refractivity contribution < 1.29 is 27.8 Å². The normalized spacial score (nSPS) is 16.0. The highest BCUT2D eigenvalue weighted by Crippen LogP contribution is 2.42. The molecule has 0 aliphatic heterocycles. The van der Waals surface area contributed by atoms with Gasteiger partial charge in [0, 0.05) is 10.6 Å². The molecular formula is C15H18ClF3O3. The number of ether oxygens (including phenoxy) is 1. The highest BCUT2D eigenvalue weighted by atomic mass is 35.5. The molecule has 0 aromatic heterocycles. The van der Waals surface area contributed by atoms with Gasteiger partial charge in [-0.2, -0.15) is 13.2 Å². The molecule has 0 heterocycles. The van der Waals surface area contributed by atoms with Crippen LogP contribution in [-0.4, -0.2) is 30.3 Å². The molecule has 0 spiro atoms. The predicted molar refractivity (Wildman–Crippen MR) is 77.5 cm³/mol. The second-order valence-electron chi connectivity index (χ2n) is 5.14. The molecule has 0 aliphatic rings. The van der Waals surface area contributed by atoms with E-state index in [0.29, 0.717) is 28.3 Å². The van der Waals surface area contributed by atoms with Crippen LogP contribution in [0.25, 0.3) is 0 Å². The standard InChI is InChI=1S/C15H18ClF3O3/c1-4-10(7-14(21,8-20)15(17,18)19)11-5-6-12(16)9(2)13(11)22-3/h5-6,8,10,21H,4,7H2,1-3H3. The summed E-state index contributed by atoms with van der Waals surface area (Å²) < 4.78 is 44.0. The molecule has 0 bridgehead atoms. The highest BCUT2D eigenvalue weighted by molar-refractivity contribution is 6.31. The van der Waals surface area contributed by atoms with Crippen molar-refractivity contribution in [1.29, 1.82) is 0 Å². The fourth-order valence-electron chi connectivity index (χ4n) is 2.36. The number of hydrogen-bond donors (Lipinski definition) is 1. The number of halogens is 4. The van der Waals surface area contributed by atoms with Crippen LogP contribution in [0.4, 0.5) is 13.2 Å². The van der Waals surface area contributed by atoms with Crippen molar-refractivity contribution in [3.8, 4) is 5.75 Å². The predicted octanol–water partition coefficient (Wildman–Crippen LogP) is 4.03. The van der Waals surface area contributed by atoms with E-state index in [1.54, 1.807) is 26.0 Å². The molecule has 0 amide bonds. The molecule has 0 radical (unpaired) electrons. The molecule has 0 saturated carbocycles. The summed E-state index contributed by atoms with van der Waals surface area (Å²) in [5, 5.41) is 10.1. The van der Waals surface area contributed by atoms with E-state index in [-0.39, 0.29) is 0 Å². The van der Waals surface area contributed by atoms with Crippen molar-refractivity contribution in [3.05, 3.63) is 28.3 Å². The first-order valence-corrected chi connectivity index (χ1v) is 7.07. The van der Waals surface area contributed by atoms with E-state index < -0.39 is 30.4 Å². The van der Waals surface area contributed by atoms with Crippen LogP contribution in [0.15, 0.2) is 12.1 Å². The van der Waals surface area contributed by atoms with E-state index in [4.69, 9.17) is 16.3 Å². The molecular weight excluding hydrogens is 321 g/mol. The van der Waals surface area contributed by atoms with Crippen LogP contribution in [0.2, 0.25) is 5.02 Å². The first-order valence-electron chi connectivity index (χ1n) is 6.69. The molecule has 0 saturated heterocycles. The lowest BCUT2D eigenvalue weighted by Gasteiger charge is -2.30. The highest BCUT2D eigenvalue weighted by Gasteiger charge is 2.54. The summed E-state index contributed by atoms with van der Waals surface area (Å²) in [5.74, 6) is -0.336. The minimum absolute atomic E-state index is 0.295. The number of alkyl halides is 3. The second kappa shape index (κ2) is 6.87.